The largest absolute Gasteiger partial charge is 0.486 e. The minimum Gasteiger partial charge on any atom is -0.486 e. The van der Waals surface area contributed by atoms with E-state index in [1.807, 2.05) is 0 Å². The maximum atomic E-state index is 13.2. The van der Waals surface area contributed by atoms with Crippen LogP contribution in [-0.4, -0.2) is 47.0 Å². The van der Waals surface area contributed by atoms with Gasteiger partial charge in [0.2, 0.25) is 0 Å². The van der Waals surface area contributed by atoms with Crippen molar-refractivity contribution in [1.82, 2.24) is 0 Å². The number of rotatable bonds is 7. The molecule has 0 saturated carbocycles. The van der Waals surface area contributed by atoms with E-state index in [0.29, 0.717) is 30.4 Å². The van der Waals surface area contributed by atoms with Crippen molar-refractivity contribution >= 4 is 27.5 Å². The second kappa shape index (κ2) is 9.33. The fraction of sp³-hybridized carbons (Fsp3) is 0.167. The molecule has 0 N–H and O–H groups in total. The molecule has 0 bridgehead atoms. The molecule has 0 aromatic heterocycles. The molecule has 0 saturated heterocycles. The van der Waals surface area contributed by atoms with Gasteiger partial charge in [0.1, 0.15) is 18.1 Å². The first-order chi connectivity index (χ1) is 15.9. The molecule has 170 valence electrons. The van der Waals surface area contributed by atoms with E-state index in [9.17, 15) is 18.0 Å². The van der Waals surface area contributed by atoms with Crippen LogP contribution in [0.4, 0.5) is 5.69 Å². The predicted octanol–water partition coefficient (Wildman–Crippen LogP) is 3.32. The van der Waals surface area contributed by atoms with Gasteiger partial charge in [0.05, 0.1) is 11.3 Å². The van der Waals surface area contributed by atoms with Crippen LogP contribution >= 0.6 is 0 Å². The minimum atomic E-state index is -4.05. The van der Waals surface area contributed by atoms with E-state index in [0.717, 1.165) is 4.31 Å². The Morgan fingerprint density at radius 3 is 2.33 bits per heavy atom. The van der Waals surface area contributed by atoms with Crippen molar-refractivity contribution in [3.63, 3.8) is 0 Å². The van der Waals surface area contributed by atoms with Crippen LogP contribution < -0.4 is 13.8 Å². The highest BCUT2D eigenvalue weighted by atomic mass is 32.2. The molecule has 0 atom stereocenters. The summed E-state index contributed by atoms with van der Waals surface area (Å²) in [5.74, 6) is -0.390. The van der Waals surface area contributed by atoms with Crippen LogP contribution in [0.5, 0.6) is 11.5 Å². The number of ketones is 1. The summed E-state index contributed by atoms with van der Waals surface area (Å²) in [6, 6.07) is 18.9. The van der Waals surface area contributed by atoms with E-state index in [-0.39, 0.29) is 16.0 Å². The standard InChI is InChI=1S/C24H21NO7S/c1-25(18-7-3-2-4-8-18)33(28,29)23-10-6-5-9-19(23)24(27)32-16-20(26)17-11-12-21-22(15-17)31-14-13-30-21/h2-12,15H,13-14,16H2,1H3. The van der Waals surface area contributed by atoms with E-state index < -0.39 is 28.4 Å². The van der Waals surface area contributed by atoms with Crippen molar-refractivity contribution in [2.45, 2.75) is 4.90 Å². The molecule has 0 fully saturated rings. The van der Waals surface area contributed by atoms with Gasteiger partial charge < -0.3 is 14.2 Å². The first-order valence-corrected chi connectivity index (χ1v) is 11.5. The van der Waals surface area contributed by atoms with Crippen molar-refractivity contribution in [3.8, 4) is 11.5 Å². The van der Waals surface area contributed by atoms with Crippen molar-refractivity contribution in [2.75, 3.05) is 31.2 Å². The van der Waals surface area contributed by atoms with Gasteiger partial charge in [-0.3, -0.25) is 9.10 Å². The number of para-hydroxylation sites is 1. The Labute approximate surface area is 191 Å². The van der Waals surface area contributed by atoms with Gasteiger partial charge in [0, 0.05) is 12.6 Å². The third-order valence-corrected chi connectivity index (χ3v) is 6.91. The number of fused-ring (bicyclic) bond motifs is 1. The third-order valence-electron chi connectivity index (χ3n) is 5.06. The van der Waals surface area contributed by atoms with Gasteiger partial charge in [0.15, 0.2) is 23.9 Å². The molecule has 0 amide bonds. The second-order valence-corrected chi connectivity index (χ2v) is 9.10. The Hall–Kier alpha value is -3.85. The van der Waals surface area contributed by atoms with E-state index >= 15 is 0 Å². The Bertz CT molecular complexity index is 1290. The number of hydrogen-bond donors (Lipinski definition) is 0. The number of esters is 1. The van der Waals surface area contributed by atoms with E-state index in [1.165, 1.54) is 37.4 Å². The van der Waals surface area contributed by atoms with Crippen molar-refractivity contribution in [1.29, 1.82) is 0 Å². The molecule has 1 heterocycles. The summed E-state index contributed by atoms with van der Waals surface area (Å²) in [5.41, 5.74) is 0.571. The van der Waals surface area contributed by atoms with Gasteiger partial charge in [0.25, 0.3) is 10.0 Å². The molecule has 3 aromatic rings. The van der Waals surface area contributed by atoms with E-state index in [4.69, 9.17) is 14.2 Å². The summed E-state index contributed by atoms with van der Waals surface area (Å²) in [6.07, 6.45) is 0. The molecule has 4 rings (SSSR count). The van der Waals surface area contributed by atoms with E-state index in [2.05, 4.69) is 0 Å². The summed E-state index contributed by atoms with van der Waals surface area (Å²) in [6.45, 7) is 0.253. The maximum absolute atomic E-state index is 13.2. The summed E-state index contributed by atoms with van der Waals surface area (Å²) >= 11 is 0. The zero-order valence-electron chi connectivity index (χ0n) is 17.8. The Kier molecular flexibility index (Phi) is 6.32. The van der Waals surface area contributed by atoms with Crippen LogP contribution in [0.2, 0.25) is 0 Å². The monoisotopic (exact) mass is 467 g/mol. The maximum Gasteiger partial charge on any atom is 0.339 e. The molecule has 0 unspecified atom stereocenters. The van der Waals surface area contributed by atoms with Crippen molar-refractivity contribution in [2.24, 2.45) is 0 Å². The first kappa shape index (κ1) is 22.3. The molecule has 9 heteroatoms. The number of sulfonamides is 1. The SMILES string of the molecule is CN(c1ccccc1)S(=O)(=O)c1ccccc1C(=O)OCC(=O)c1ccc2c(c1)OCCO2. The summed E-state index contributed by atoms with van der Waals surface area (Å²) < 4.78 is 43.5. The fourth-order valence-electron chi connectivity index (χ4n) is 3.29. The summed E-state index contributed by atoms with van der Waals surface area (Å²) in [5, 5.41) is 0. The number of carbonyl (C=O) groups is 2. The summed E-state index contributed by atoms with van der Waals surface area (Å²) in [4.78, 5) is 25.1. The zero-order valence-corrected chi connectivity index (χ0v) is 18.6. The Balaban J connectivity index is 1.51. The number of ether oxygens (including phenoxy) is 3. The van der Waals surface area contributed by atoms with Crippen LogP contribution in [-0.2, 0) is 14.8 Å². The smallest absolute Gasteiger partial charge is 0.339 e. The molecule has 1 aliphatic rings. The van der Waals surface area contributed by atoms with Gasteiger partial charge in [-0.1, -0.05) is 30.3 Å². The number of benzene rings is 3. The molecule has 0 radical (unpaired) electrons. The highest BCUT2D eigenvalue weighted by molar-refractivity contribution is 7.92. The topological polar surface area (TPSA) is 99.2 Å². The normalized spacial score (nSPS) is 12.6. The zero-order chi connectivity index (χ0) is 23.4. The molecule has 33 heavy (non-hydrogen) atoms. The summed E-state index contributed by atoms with van der Waals surface area (Å²) in [7, 11) is -2.65. The molecule has 0 spiro atoms. The lowest BCUT2D eigenvalue weighted by molar-refractivity contribution is 0.0471. The fourth-order valence-corrected chi connectivity index (χ4v) is 4.67. The number of hydrogen-bond acceptors (Lipinski definition) is 7. The number of Topliss-reactive ketones (excluding diaryl/α,β-unsaturated/α-hetero) is 1. The van der Waals surface area contributed by atoms with Gasteiger partial charge in [-0.05, 0) is 42.5 Å². The van der Waals surface area contributed by atoms with Crippen LogP contribution in [0.15, 0.2) is 77.7 Å². The van der Waals surface area contributed by atoms with Crippen molar-refractivity contribution in [3.05, 3.63) is 83.9 Å². The van der Waals surface area contributed by atoms with Crippen LogP contribution in [0.1, 0.15) is 20.7 Å². The van der Waals surface area contributed by atoms with Gasteiger partial charge in [-0.15, -0.1) is 0 Å². The van der Waals surface area contributed by atoms with Crippen LogP contribution in [0.25, 0.3) is 0 Å². The molecular weight excluding hydrogens is 446 g/mol. The third kappa shape index (κ3) is 4.68. The molecule has 1 aliphatic heterocycles. The predicted molar refractivity (Wildman–Crippen MR) is 121 cm³/mol. The highest BCUT2D eigenvalue weighted by Gasteiger charge is 2.28. The number of nitrogens with zero attached hydrogens (tertiary/aromatic N) is 1. The lowest BCUT2D eigenvalue weighted by Crippen LogP contribution is -2.28. The Morgan fingerprint density at radius 2 is 1.58 bits per heavy atom. The molecule has 8 nitrogen and oxygen atoms in total. The van der Waals surface area contributed by atoms with E-state index in [1.54, 1.807) is 42.5 Å². The van der Waals surface area contributed by atoms with Gasteiger partial charge in [-0.2, -0.15) is 0 Å². The van der Waals surface area contributed by atoms with Gasteiger partial charge >= 0.3 is 5.97 Å². The average Bonchev–Trinajstić information content (AvgIpc) is 2.86. The lowest BCUT2D eigenvalue weighted by Gasteiger charge is -2.21. The van der Waals surface area contributed by atoms with Crippen LogP contribution in [0.3, 0.4) is 0 Å². The Morgan fingerprint density at radius 1 is 0.909 bits per heavy atom. The average molecular weight is 467 g/mol. The quantitative estimate of drug-likeness (QED) is 0.388. The van der Waals surface area contributed by atoms with Crippen LogP contribution in [0, 0.1) is 0 Å². The second-order valence-electron chi connectivity index (χ2n) is 7.16. The minimum absolute atomic E-state index is 0.157. The molecule has 0 aliphatic carbocycles. The first-order valence-electron chi connectivity index (χ1n) is 10.1. The number of carbonyl (C=O) groups excluding carboxylic acids is 2. The molecular formula is C24H21NO7S. The highest BCUT2D eigenvalue weighted by Crippen LogP contribution is 2.31. The van der Waals surface area contributed by atoms with Gasteiger partial charge in [-0.25, -0.2) is 13.2 Å². The van der Waals surface area contributed by atoms with Crippen molar-refractivity contribution < 1.29 is 32.2 Å². The number of anilines is 1. The molecule has 3 aromatic carbocycles. The lowest BCUT2D eigenvalue weighted by atomic mass is 10.1.